The van der Waals surface area contributed by atoms with Gasteiger partial charge < -0.3 is 15.1 Å². The van der Waals surface area contributed by atoms with Crippen LogP contribution in [0.1, 0.15) is 32.6 Å². The first kappa shape index (κ1) is 14.8. The van der Waals surface area contributed by atoms with Gasteiger partial charge in [0.2, 0.25) is 5.91 Å². The summed E-state index contributed by atoms with van der Waals surface area (Å²) in [6.45, 7) is 8.43. The molecule has 2 saturated heterocycles. The van der Waals surface area contributed by atoms with Gasteiger partial charge in [-0.15, -0.1) is 0 Å². The van der Waals surface area contributed by atoms with Crippen molar-refractivity contribution in [2.45, 2.75) is 32.6 Å². The first-order valence-corrected chi connectivity index (χ1v) is 7.88. The van der Waals surface area contributed by atoms with Crippen molar-refractivity contribution in [2.24, 2.45) is 11.8 Å². The van der Waals surface area contributed by atoms with E-state index in [0.29, 0.717) is 11.8 Å². The Bertz CT molecular complexity index is 289. The minimum absolute atomic E-state index is 0.237. The van der Waals surface area contributed by atoms with E-state index in [2.05, 4.69) is 29.1 Å². The van der Waals surface area contributed by atoms with E-state index < -0.39 is 0 Å². The smallest absolute Gasteiger partial charge is 0.226 e. The molecule has 0 radical (unpaired) electrons. The van der Waals surface area contributed by atoms with Gasteiger partial charge in [-0.1, -0.05) is 6.92 Å². The van der Waals surface area contributed by atoms with Gasteiger partial charge in [-0.05, 0) is 51.7 Å². The van der Waals surface area contributed by atoms with Crippen LogP contribution in [-0.4, -0.2) is 62.0 Å². The van der Waals surface area contributed by atoms with Gasteiger partial charge in [0.15, 0.2) is 0 Å². The molecular weight excluding hydrogens is 238 g/mol. The molecule has 2 unspecified atom stereocenters. The molecule has 0 aromatic heterocycles. The van der Waals surface area contributed by atoms with E-state index >= 15 is 0 Å². The second kappa shape index (κ2) is 7.25. The van der Waals surface area contributed by atoms with E-state index in [0.717, 1.165) is 52.1 Å². The van der Waals surface area contributed by atoms with Crippen molar-refractivity contribution in [3.8, 4) is 0 Å². The summed E-state index contributed by atoms with van der Waals surface area (Å²) in [6, 6.07) is 0. The molecule has 1 amide bonds. The van der Waals surface area contributed by atoms with E-state index in [1.807, 2.05) is 0 Å². The van der Waals surface area contributed by atoms with Crippen molar-refractivity contribution in [1.29, 1.82) is 0 Å². The zero-order valence-corrected chi connectivity index (χ0v) is 12.5. The zero-order valence-electron chi connectivity index (χ0n) is 12.5. The maximum absolute atomic E-state index is 12.4. The number of hydrogen-bond acceptors (Lipinski definition) is 3. The summed E-state index contributed by atoms with van der Waals surface area (Å²) in [4.78, 5) is 16.9. The monoisotopic (exact) mass is 267 g/mol. The molecule has 4 nitrogen and oxygen atoms in total. The first-order chi connectivity index (χ1) is 9.20. The van der Waals surface area contributed by atoms with Crippen LogP contribution in [0.25, 0.3) is 0 Å². The molecule has 110 valence electrons. The molecule has 4 heteroatoms. The summed E-state index contributed by atoms with van der Waals surface area (Å²) in [5.41, 5.74) is 0. The highest BCUT2D eigenvalue weighted by molar-refractivity contribution is 5.79. The number of likely N-dealkylation sites (tertiary alicyclic amines) is 1. The summed E-state index contributed by atoms with van der Waals surface area (Å²) in [7, 11) is 2.19. The van der Waals surface area contributed by atoms with Crippen LogP contribution in [0.3, 0.4) is 0 Å². The highest BCUT2D eigenvalue weighted by Gasteiger charge is 2.31. The van der Waals surface area contributed by atoms with Gasteiger partial charge in [0, 0.05) is 26.2 Å². The second-order valence-electron chi connectivity index (χ2n) is 6.24. The Kier molecular flexibility index (Phi) is 5.64. The maximum atomic E-state index is 12.4. The Hall–Kier alpha value is -0.610. The number of piperidine rings is 1. The lowest BCUT2D eigenvalue weighted by Crippen LogP contribution is -2.42. The van der Waals surface area contributed by atoms with Crippen LogP contribution in [-0.2, 0) is 4.79 Å². The number of amides is 1. The lowest BCUT2D eigenvalue weighted by molar-refractivity contribution is -0.135. The average molecular weight is 267 g/mol. The Morgan fingerprint density at radius 2 is 2.26 bits per heavy atom. The molecule has 2 rings (SSSR count). The molecule has 2 aliphatic heterocycles. The highest BCUT2D eigenvalue weighted by atomic mass is 16.2. The molecular formula is C15H29N3O. The summed E-state index contributed by atoms with van der Waals surface area (Å²) >= 11 is 0. The highest BCUT2D eigenvalue weighted by Crippen LogP contribution is 2.21. The standard InChI is InChI=1S/C15H29N3O/c1-3-8-17(2)11-13-6-9-18(12-13)15(19)14-5-4-7-16-10-14/h13-14,16H,3-12H2,1-2H3. The largest absolute Gasteiger partial charge is 0.342 e. The lowest BCUT2D eigenvalue weighted by atomic mass is 9.98. The van der Waals surface area contributed by atoms with Crippen molar-refractivity contribution >= 4 is 5.91 Å². The Morgan fingerprint density at radius 1 is 1.42 bits per heavy atom. The van der Waals surface area contributed by atoms with Gasteiger partial charge >= 0.3 is 0 Å². The number of carbonyl (C=O) groups excluding carboxylic acids is 1. The van der Waals surface area contributed by atoms with Crippen molar-refractivity contribution in [3.05, 3.63) is 0 Å². The SMILES string of the molecule is CCCN(C)CC1CCN(C(=O)C2CCCNC2)C1. The summed E-state index contributed by atoms with van der Waals surface area (Å²) < 4.78 is 0. The average Bonchev–Trinajstić information content (AvgIpc) is 2.87. The van der Waals surface area contributed by atoms with Crippen LogP contribution in [0.5, 0.6) is 0 Å². The van der Waals surface area contributed by atoms with Crippen LogP contribution in [0.15, 0.2) is 0 Å². The second-order valence-corrected chi connectivity index (χ2v) is 6.24. The molecule has 0 bridgehead atoms. The van der Waals surface area contributed by atoms with E-state index in [9.17, 15) is 4.79 Å². The predicted molar refractivity (Wildman–Crippen MR) is 78.1 cm³/mol. The zero-order chi connectivity index (χ0) is 13.7. The number of nitrogens with one attached hydrogen (secondary N) is 1. The Balaban J connectivity index is 1.75. The van der Waals surface area contributed by atoms with Crippen molar-refractivity contribution in [1.82, 2.24) is 15.1 Å². The summed E-state index contributed by atoms with van der Waals surface area (Å²) in [6.07, 6.45) is 4.61. The molecule has 1 N–H and O–H groups in total. The molecule has 2 atom stereocenters. The maximum Gasteiger partial charge on any atom is 0.226 e. The Labute approximate surface area is 117 Å². The molecule has 0 aromatic rings. The fraction of sp³-hybridized carbons (Fsp3) is 0.933. The van der Waals surface area contributed by atoms with Crippen LogP contribution >= 0.6 is 0 Å². The molecule has 19 heavy (non-hydrogen) atoms. The van der Waals surface area contributed by atoms with E-state index in [4.69, 9.17) is 0 Å². The molecule has 0 aromatic carbocycles. The van der Waals surface area contributed by atoms with Gasteiger partial charge in [-0.2, -0.15) is 0 Å². The molecule has 2 aliphatic rings. The summed E-state index contributed by atoms with van der Waals surface area (Å²) in [5.74, 6) is 1.31. The Morgan fingerprint density at radius 3 is 2.95 bits per heavy atom. The lowest BCUT2D eigenvalue weighted by Gasteiger charge is -2.27. The molecule has 2 fully saturated rings. The summed E-state index contributed by atoms with van der Waals surface area (Å²) in [5, 5.41) is 3.34. The van der Waals surface area contributed by atoms with Crippen molar-refractivity contribution in [3.63, 3.8) is 0 Å². The third-order valence-corrected chi connectivity index (χ3v) is 4.42. The van der Waals surface area contributed by atoms with Crippen LogP contribution in [0, 0.1) is 11.8 Å². The van der Waals surface area contributed by atoms with Crippen LogP contribution in [0.2, 0.25) is 0 Å². The molecule has 2 heterocycles. The third-order valence-electron chi connectivity index (χ3n) is 4.42. The van der Waals surface area contributed by atoms with Crippen LogP contribution < -0.4 is 5.32 Å². The quantitative estimate of drug-likeness (QED) is 0.812. The molecule has 0 spiro atoms. The fourth-order valence-corrected chi connectivity index (χ4v) is 3.42. The van der Waals surface area contributed by atoms with Gasteiger partial charge in [0.1, 0.15) is 0 Å². The van der Waals surface area contributed by atoms with Crippen molar-refractivity contribution < 1.29 is 4.79 Å². The molecule has 0 saturated carbocycles. The van der Waals surface area contributed by atoms with E-state index in [1.54, 1.807) is 0 Å². The van der Waals surface area contributed by atoms with Crippen LogP contribution in [0.4, 0.5) is 0 Å². The van der Waals surface area contributed by atoms with E-state index in [1.165, 1.54) is 12.8 Å². The number of carbonyl (C=O) groups is 1. The fourth-order valence-electron chi connectivity index (χ4n) is 3.42. The third kappa shape index (κ3) is 4.18. The number of nitrogens with zero attached hydrogens (tertiary/aromatic N) is 2. The van der Waals surface area contributed by atoms with E-state index in [-0.39, 0.29) is 5.92 Å². The van der Waals surface area contributed by atoms with Gasteiger partial charge in [0.05, 0.1) is 5.92 Å². The normalized spacial score (nSPS) is 28.1. The predicted octanol–water partition coefficient (Wildman–Crippen LogP) is 1.18. The first-order valence-electron chi connectivity index (χ1n) is 7.88. The topological polar surface area (TPSA) is 35.6 Å². The molecule has 0 aliphatic carbocycles. The van der Waals surface area contributed by atoms with Crippen molar-refractivity contribution in [2.75, 3.05) is 46.3 Å². The number of hydrogen-bond donors (Lipinski definition) is 1. The minimum atomic E-state index is 0.237. The minimum Gasteiger partial charge on any atom is -0.342 e. The number of rotatable bonds is 5. The van der Waals surface area contributed by atoms with Gasteiger partial charge in [-0.25, -0.2) is 0 Å². The van der Waals surface area contributed by atoms with Gasteiger partial charge in [-0.3, -0.25) is 4.79 Å². The van der Waals surface area contributed by atoms with Gasteiger partial charge in [0.25, 0.3) is 0 Å².